The van der Waals surface area contributed by atoms with Gasteiger partial charge in [-0.05, 0) is 19.1 Å². The first kappa shape index (κ1) is 11.6. The van der Waals surface area contributed by atoms with Crippen LogP contribution in [-0.4, -0.2) is 4.98 Å². The van der Waals surface area contributed by atoms with Crippen molar-refractivity contribution in [1.82, 2.24) is 4.98 Å². The SMILES string of the molecule is Cc1ccc(NCc2csc(CC#N)n2)cc1. The molecule has 1 heterocycles. The first-order valence-electron chi connectivity index (χ1n) is 5.38. The molecule has 0 atom stereocenters. The van der Waals surface area contributed by atoms with Crippen LogP contribution < -0.4 is 5.32 Å². The average molecular weight is 243 g/mol. The molecule has 0 amide bonds. The number of hydrogen-bond acceptors (Lipinski definition) is 4. The molecule has 0 aliphatic carbocycles. The van der Waals surface area contributed by atoms with Crippen molar-refractivity contribution < 1.29 is 0 Å². The van der Waals surface area contributed by atoms with Crippen LogP contribution in [0.25, 0.3) is 0 Å². The van der Waals surface area contributed by atoms with Crippen molar-refractivity contribution in [2.24, 2.45) is 0 Å². The molecule has 0 bridgehead atoms. The molecule has 4 heteroatoms. The van der Waals surface area contributed by atoms with Crippen molar-refractivity contribution in [3.8, 4) is 6.07 Å². The van der Waals surface area contributed by atoms with Crippen LogP contribution in [0.2, 0.25) is 0 Å². The number of nitrogens with zero attached hydrogens (tertiary/aromatic N) is 2. The minimum atomic E-state index is 0.398. The molecule has 0 aliphatic rings. The van der Waals surface area contributed by atoms with Gasteiger partial charge >= 0.3 is 0 Å². The number of rotatable bonds is 4. The second-order valence-corrected chi connectivity index (χ2v) is 4.73. The molecular weight excluding hydrogens is 230 g/mol. The normalized spacial score (nSPS) is 9.88. The van der Waals surface area contributed by atoms with E-state index in [0.717, 1.165) is 16.4 Å². The van der Waals surface area contributed by atoms with Crippen LogP contribution in [0.5, 0.6) is 0 Å². The Bertz CT molecular complexity index is 522. The first-order valence-corrected chi connectivity index (χ1v) is 6.26. The van der Waals surface area contributed by atoms with Crippen molar-refractivity contribution in [1.29, 1.82) is 5.26 Å². The molecule has 0 spiro atoms. The van der Waals surface area contributed by atoms with E-state index in [4.69, 9.17) is 5.26 Å². The van der Waals surface area contributed by atoms with Crippen molar-refractivity contribution in [2.75, 3.05) is 5.32 Å². The van der Waals surface area contributed by atoms with Crippen molar-refractivity contribution in [3.63, 3.8) is 0 Å². The van der Waals surface area contributed by atoms with Gasteiger partial charge in [0.05, 0.1) is 24.7 Å². The number of hydrogen-bond donors (Lipinski definition) is 1. The highest BCUT2D eigenvalue weighted by Crippen LogP contribution is 2.13. The zero-order chi connectivity index (χ0) is 12.1. The third kappa shape index (κ3) is 3.30. The summed E-state index contributed by atoms with van der Waals surface area (Å²) in [7, 11) is 0. The highest BCUT2D eigenvalue weighted by atomic mass is 32.1. The Morgan fingerprint density at radius 2 is 2.12 bits per heavy atom. The maximum absolute atomic E-state index is 8.56. The summed E-state index contributed by atoms with van der Waals surface area (Å²) >= 11 is 1.54. The molecular formula is C13H13N3S. The van der Waals surface area contributed by atoms with Gasteiger partial charge in [-0.1, -0.05) is 17.7 Å². The summed E-state index contributed by atoms with van der Waals surface area (Å²) in [5, 5.41) is 14.7. The number of benzene rings is 1. The van der Waals surface area contributed by atoms with Crippen LogP contribution in [0.4, 0.5) is 5.69 Å². The van der Waals surface area contributed by atoms with Gasteiger partial charge in [0, 0.05) is 11.1 Å². The predicted molar refractivity (Wildman–Crippen MR) is 69.9 cm³/mol. The van der Waals surface area contributed by atoms with Crippen LogP contribution in [0.1, 0.15) is 16.3 Å². The Hall–Kier alpha value is -1.86. The fourth-order valence-electron chi connectivity index (χ4n) is 1.44. The third-order valence-corrected chi connectivity index (χ3v) is 3.25. The molecule has 1 aromatic carbocycles. The lowest BCUT2D eigenvalue weighted by Crippen LogP contribution is -1.99. The standard InChI is InChI=1S/C13H13N3S/c1-10-2-4-11(5-3-10)15-8-12-9-17-13(16-12)6-7-14/h2-5,9,15H,6,8H2,1H3. The Balaban J connectivity index is 1.93. The van der Waals surface area contributed by atoms with Crippen molar-refractivity contribution in [2.45, 2.75) is 19.9 Å². The fourth-order valence-corrected chi connectivity index (χ4v) is 2.17. The highest BCUT2D eigenvalue weighted by molar-refractivity contribution is 7.09. The van der Waals surface area contributed by atoms with Crippen LogP contribution in [-0.2, 0) is 13.0 Å². The molecule has 3 nitrogen and oxygen atoms in total. The molecule has 86 valence electrons. The van der Waals surface area contributed by atoms with Gasteiger partial charge in [-0.3, -0.25) is 0 Å². The summed E-state index contributed by atoms with van der Waals surface area (Å²) in [4.78, 5) is 4.37. The zero-order valence-corrected chi connectivity index (χ0v) is 10.4. The zero-order valence-electron chi connectivity index (χ0n) is 9.60. The van der Waals surface area contributed by atoms with E-state index >= 15 is 0 Å². The van der Waals surface area contributed by atoms with Gasteiger partial charge in [-0.25, -0.2) is 4.98 Å². The molecule has 1 N–H and O–H groups in total. The second-order valence-electron chi connectivity index (χ2n) is 3.79. The molecule has 17 heavy (non-hydrogen) atoms. The summed E-state index contributed by atoms with van der Waals surface area (Å²) in [6, 6.07) is 10.4. The predicted octanol–water partition coefficient (Wildman–Crippen LogP) is 3.13. The van der Waals surface area contributed by atoms with Crippen LogP contribution >= 0.6 is 11.3 Å². The number of nitriles is 1. The highest BCUT2D eigenvalue weighted by Gasteiger charge is 2.01. The molecule has 0 radical (unpaired) electrons. The van der Waals surface area contributed by atoms with Crippen molar-refractivity contribution in [3.05, 3.63) is 45.9 Å². The first-order chi connectivity index (χ1) is 8.28. The number of aromatic nitrogens is 1. The molecule has 0 saturated carbocycles. The quantitative estimate of drug-likeness (QED) is 0.897. The molecule has 2 rings (SSSR count). The van der Waals surface area contributed by atoms with Crippen LogP contribution in [0.3, 0.4) is 0 Å². The van der Waals surface area contributed by atoms with E-state index in [1.807, 2.05) is 5.38 Å². The Kier molecular flexibility index (Phi) is 3.73. The van der Waals surface area contributed by atoms with Crippen molar-refractivity contribution >= 4 is 17.0 Å². The molecule has 0 aliphatic heterocycles. The van der Waals surface area contributed by atoms with E-state index in [1.54, 1.807) is 0 Å². The molecule has 2 aromatic rings. The number of anilines is 1. The molecule has 0 unspecified atom stereocenters. The van der Waals surface area contributed by atoms with Gasteiger partial charge < -0.3 is 5.32 Å². The molecule has 0 saturated heterocycles. The minimum Gasteiger partial charge on any atom is -0.379 e. The van der Waals surface area contributed by atoms with Gasteiger partial charge in [-0.2, -0.15) is 5.26 Å². The molecule has 1 aromatic heterocycles. The summed E-state index contributed by atoms with van der Waals surface area (Å²) < 4.78 is 0. The van der Waals surface area contributed by atoms with E-state index in [1.165, 1.54) is 16.9 Å². The van der Waals surface area contributed by atoms with Gasteiger partial charge in [0.25, 0.3) is 0 Å². The van der Waals surface area contributed by atoms with Gasteiger partial charge in [-0.15, -0.1) is 11.3 Å². The Morgan fingerprint density at radius 1 is 1.35 bits per heavy atom. The average Bonchev–Trinajstić information content (AvgIpc) is 2.77. The Labute approximate surface area is 105 Å². The summed E-state index contributed by atoms with van der Waals surface area (Å²) in [5.41, 5.74) is 3.33. The Morgan fingerprint density at radius 3 is 2.82 bits per heavy atom. The largest absolute Gasteiger partial charge is 0.379 e. The van der Waals surface area contributed by atoms with E-state index in [0.29, 0.717) is 13.0 Å². The smallest absolute Gasteiger partial charge is 0.107 e. The molecule has 0 fully saturated rings. The number of aryl methyl sites for hydroxylation is 1. The van der Waals surface area contributed by atoms with Gasteiger partial charge in [0.2, 0.25) is 0 Å². The van der Waals surface area contributed by atoms with Crippen LogP contribution in [0, 0.1) is 18.3 Å². The summed E-state index contributed by atoms with van der Waals surface area (Å²) in [6.45, 7) is 2.77. The topological polar surface area (TPSA) is 48.7 Å². The van der Waals surface area contributed by atoms with Gasteiger partial charge in [0.1, 0.15) is 5.01 Å². The maximum Gasteiger partial charge on any atom is 0.107 e. The van der Waals surface area contributed by atoms with E-state index in [2.05, 4.69) is 47.6 Å². The number of thiazole rings is 1. The summed E-state index contributed by atoms with van der Waals surface area (Å²) in [6.07, 6.45) is 0.398. The summed E-state index contributed by atoms with van der Waals surface area (Å²) in [5.74, 6) is 0. The fraction of sp³-hybridized carbons (Fsp3) is 0.231. The van der Waals surface area contributed by atoms with Crippen LogP contribution in [0.15, 0.2) is 29.6 Å². The van der Waals surface area contributed by atoms with Gasteiger partial charge in [0.15, 0.2) is 0 Å². The lowest BCUT2D eigenvalue weighted by molar-refractivity contribution is 1.04. The maximum atomic E-state index is 8.56. The van der Waals surface area contributed by atoms with E-state index < -0.39 is 0 Å². The lowest BCUT2D eigenvalue weighted by Gasteiger charge is -2.04. The second kappa shape index (κ2) is 5.46. The minimum absolute atomic E-state index is 0.398. The van der Waals surface area contributed by atoms with E-state index in [9.17, 15) is 0 Å². The van der Waals surface area contributed by atoms with E-state index in [-0.39, 0.29) is 0 Å². The third-order valence-electron chi connectivity index (χ3n) is 2.35. The lowest BCUT2D eigenvalue weighted by atomic mass is 10.2. The number of nitrogens with one attached hydrogen (secondary N) is 1. The monoisotopic (exact) mass is 243 g/mol.